The number of hydrogen-bond acceptors (Lipinski definition) is 11. The Bertz CT molecular complexity index is 1570. The van der Waals surface area contributed by atoms with Crippen LogP contribution in [-0.4, -0.2) is 123 Å². The van der Waals surface area contributed by atoms with Crippen molar-refractivity contribution >= 4 is 41.8 Å². The molecule has 0 spiro atoms. The molecule has 0 fully saturated rings. The Morgan fingerprint density at radius 1 is 0.690 bits per heavy atom. The number of carbonyl (C=O) groups is 7. The van der Waals surface area contributed by atoms with Crippen LogP contribution in [0.4, 0.5) is 4.79 Å². The van der Waals surface area contributed by atoms with Gasteiger partial charge in [-0.25, -0.2) is 24.4 Å². The molecule has 0 aliphatic heterocycles. The molecule has 0 bridgehead atoms. The Balaban J connectivity index is -0.00000412. The number of carboxylic acids is 5. The summed E-state index contributed by atoms with van der Waals surface area (Å²) in [5, 5.41) is 52.7. The molecule has 58 heavy (non-hydrogen) atoms. The van der Waals surface area contributed by atoms with Crippen molar-refractivity contribution in [3.8, 4) is 0 Å². The van der Waals surface area contributed by atoms with Gasteiger partial charge < -0.3 is 56.4 Å². The molecule has 319 valence electrons. The van der Waals surface area contributed by atoms with Crippen molar-refractivity contribution in [3.63, 3.8) is 0 Å². The van der Waals surface area contributed by atoms with Crippen LogP contribution in [0.3, 0.4) is 0 Å². The van der Waals surface area contributed by atoms with Crippen LogP contribution in [-0.2, 0) is 89.3 Å². The molecular weight excluding hydrogens is 949 g/mol. The summed E-state index contributed by atoms with van der Waals surface area (Å²) in [7, 11) is 0. The van der Waals surface area contributed by atoms with E-state index in [1.165, 1.54) is 21.5 Å². The van der Waals surface area contributed by atoms with Crippen LogP contribution >= 0.6 is 0 Å². The molecule has 24 nitrogen and oxygen atoms in total. The van der Waals surface area contributed by atoms with E-state index in [9.17, 15) is 48.9 Å². The maximum absolute atomic E-state index is 12.5. The molecule has 25 heteroatoms. The van der Waals surface area contributed by atoms with Gasteiger partial charge in [-0.2, -0.15) is 0 Å². The topological polar surface area (TPSA) is 381 Å². The molecule has 0 aliphatic carbocycles. The number of rotatable bonds is 26. The fourth-order valence-corrected chi connectivity index (χ4v) is 4.96. The zero-order valence-electron chi connectivity index (χ0n) is 31.0. The van der Waals surface area contributed by atoms with Crippen molar-refractivity contribution in [2.24, 2.45) is 5.73 Å². The van der Waals surface area contributed by atoms with Gasteiger partial charge in [0.15, 0.2) is 0 Å². The Morgan fingerprint density at radius 3 is 1.57 bits per heavy atom. The monoisotopic (exact) mass is 994 g/mol. The van der Waals surface area contributed by atoms with Gasteiger partial charge in [0.1, 0.15) is 36.8 Å². The van der Waals surface area contributed by atoms with Crippen LogP contribution in [0.1, 0.15) is 63.0 Å². The fourth-order valence-electron chi connectivity index (χ4n) is 4.96. The minimum Gasteiger partial charge on any atom is 0 e. The van der Waals surface area contributed by atoms with Crippen molar-refractivity contribution < 1.29 is 93.5 Å². The van der Waals surface area contributed by atoms with Gasteiger partial charge in [0, 0.05) is 58.2 Å². The molecular formula is C33H45N9O15Re. The molecule has 0 saturated carbocycles. The average Bonchev–Trinajstić information content (AvgIpc) is 3.80. The predicted molar refractivity (Wildman–Crippen MR) is 186 cm³/mol. The molecule has 0 aliphatic rings. The summed E-state index contributed by atoms with van der Waals surface area (Å²) in [4.78, 5) is 91.2. The van der Waals surface area contributed by atoms with Crippen LogP contribution < -0.4 is 21.7 Å². The van der Waals surface area contributed by atoms with Gasteiger partial charge in [-0.1, -0.05) is 6.42 Å². The first kappa shape index (κ1) is 56.6. The predicted octanol–water partition coefficient (Wildman–Crippen LogP) is -1.01. The number of nitrogens with one attached hydrogen (secondary N) is 3. The van der Waals surface area contributed by atoms with E-state index in [0.29, 0.717) is 43.9 Å². The SMILES string of the molecule is NC(CCCCN(Cc1nccn1CC(=O)O)Cc1nccn1CC(=O)O)C(=O)NCCCC[C@H](NC(=O)N[C@@H](CCC(=O)O)C(=O)O)C(=O)O.[C-]#[O+].[C-]#[O+].[C-]#[O+].[Re]. The molecule has 0 aromatic carbocycles. The fraction of sp³-hybridized carbons (Fsp3) is 0.515. The van der Waals surface area contributed by atoms with Crippen molar-refractivity contribution in [1.29, 1.82) is 0 Å². The van der Waals surface area contributed by atoms with Crippen LogP contribution in [0.2, 0.25) is 0 Å². The number of urea groups is 1. The Kier molecular flexibility index (Phi) is 32.7. The second-order valence-electron chi connectivity index (χ2n) is 11.7. The van der Waals surface area contributed by atoms with Gasteiger partial charge >= 0.3 is 69.8 Å². The van der Waals surface area contributed by atoms with E-state index in [1.54, 1.807) is 12.4 Å². The summed E-state index contributed by atoms with van der Waals surface area (Å²) in [5.41, 5.74) is 6.07. The van der Waals surface area contributed by atoms with Gasteiger partial charge in [-0.05, 0) is 45.1 Å². The average molecular weight is 994 g/mol. The van der Waals surface area contributed by atoms with Crippen molar-refractivity contribution in [1.82, 2.24) is 40.0 Å². The number of carboxylic acid groups (broad SMARTS) is 5. The Morgan fingerprint density at radius 2 is 1.14 bits per heavy atom. The van der Waals surface area contributed by atoms with E-state index in [2.05, 4.69) is 45.9 Å². The van der Waals surface area contributed by atoms with Crippen LogP contribution in [0, 0.1) is 20.0 Å². The van der Waals surface area contributed by atoms with E-state index in [0.717, 1.165) is 0 Å². The molecule has 2 aromatic rings. The summed E-state index contributed by atoms with van der Waals surface area (Å²) in [5.74, 6) is -5.55. The second kappa shape index (κ2) is 33.5. The van der Waals surface area contributed by atoms with E-state index in [-0.39, 0.29) is 72.4 Å². The summed E-state index contributed by atoms with van der Waals surface area (Å²) >= 11 is 0. The third kappa shape index (κ3) is 24.7. The van der Waals surface area contributed by atoms with E-state index < -0.39 is 66.3 Å². The second-order valence-corrected chi connectivity index (χ2v) is 11.7. The third-order valence-electron chi connectivity index (χ3n) is 7.59. The molecule has 10 N–H and O–H groups in total. The number of nitrogens with two attached hydrogens (primary N) is 1. The third-order valence-corrected chi connectivity index (χ3v) is 7.59. The number of carbonyl (C=O) groups excluding carboxylic acids is 2. The van der Waals surface area contributed by atoms with Gasteiger partial charge in [0.2, 0.25) is 5.91 Å². The van der Waals surface area contributed by atoms with Crippen LogP contribution in [0.5, 0.6) is 0 Å². The molecule has 2 aromatic heterocycles. The number of imidazole rings is 2. The number of nitrogens with zero attached hydrogens (tertiary/aromatic N) is 5. The van der Waals surface area contributed by atoms with Gasteiger partial charge in [0.05, 0.1) is 19.1 Å². The summed E-state index contributed by atoms with van der Waals surface area (Å²) in [6.45, 7) is 14.1. The number of aromatic nitrogens is 4. The summed E-state index contributed by atoms with van der Waals surface area (Å²) in [6.07, 6.45) is 7.27. The summed E-state index contributed by atoms with van der Waals surface area (Å²) < 4.78 is 25.5. The standard InChI is InChI=1S/C30H45N9O12.3CO.Re/c31-19(27(46)34-9-3-1-6-20(28(47)48)35-30(51)36-21(29(49)50)7-8-24(40)41)5-2-4-12-37(15-22-32-10-13-38(22)17-25(42)43)16-23-33-11-14-39(23)18-26(44)45;3*1-2;/h10-11,13-14,19-21H,1-9,12,15-18,31H2,(H,34,46)(H,40,41)(H,42,43)(H,44,45)(H,47,48)(H,49,50)(H2,35,36,51);;;;/t19?,20-,21-;;;;/m0..../s1. The minimum atomic E-state index is -1.52. The molecule has 2 heterocycles. The van der Waals surface area contributed by atoms with E-state index in [1.807, 2.05) is 4.90 Å². The zero-order chi connectivity index (χ0) is 43.9. The minimum absolute atomic E-state index is 0. The van der Waals surface area contributed by atoms with E-state index in [4.69, 9.17) is 29.9 Å². The first-order valence-corrected chi connectivity index (χ1v) is 16.7. The molecule has 1 unspecified atom stereocenters. The number of aliphatic carboxylic acids is 5. The molecule has 0 saturated heterocycles. The van der Waals surface area contributed by atoms with Crippen molar-refractivity contribution in [3.05, 3.63) is 56.4 Å². The van der Waals surface area contributed by atoms with Crippen molar-refractivity contribution in [2.75, 3.05) is 13.1 Å². The number of amides is 3. The normalized spacial score (nSPS) is 11.4. The largest absolute Gasteiger partial charge is 0 e. The first-order valence-electron chi connectivity index (χ1n) is 16.7. The van der Waals surface area contributed by atoms with Crippen LogP contribution in [0.15, 0.2) is 24.8 Å². The van der Waals surface area contributed by atoms with E-state index >= 15 is 0 Å². The van der Waals surface area contributed by atoms with Gasteiger partial charge in [0.25, 0.3) is 0 Å². The number of hydrogen-bond donors (Lipinski definition) is 9. The number of unbranched alkanes of at least 4 members (excludes halogenated alkanes) is 2. The molecule has 3 amide bonds. The zero-order valence-corrected chi connectivity index (χ0v) is 33.7. The van der Waals surface area contributed by atoms with Crippen molar-refractivity contribution in [2.45, 2.75) is 95.7 Å². The molecule has 2 rings (SSSR count). The Labute approximate surface area is 345 Å². The molecule has 3 atom stereocenters. The van der Waals surface area contributed by atoms with Crippen LogP contribution in [0.25, 0.3) is 0 Å². The van der Waals surface area contributed by atoms with Gasteiger partial charge in [-0.15, -0.1) is 0 Å². The first-order chi connectivity index (χ1) is 27.2. The summed E-state index contributed by atoms with van der Waals surface area (Å²) in [6, 6.07) is -4.78. The maximum Gasteiger partial charge on any atom is 0 e. The molecule has 1 radical (unpaired) electrons. The Hall–Kier alpha value is -5.69. The maximum atomic E-state index is 12.5. The smallest absolute Gasteiger partial charge is 0 e. The quantitative estimate of drug-likeness (QED) is 0.0310. The van der Waals surface area contributed by atoms with Gasteiger partial charge in [-0.3, -0.25) is 24.1 Å².